The van der Waals surface area contributed by atoms with Crippen LogP contribution in [-0.2, 0) is 23.8 Å². The van der Waals surface area contributed by atoms with E-state index >= 15 is 0 Å². The third kappa shape index (κ3) is 8.48. The Hall–Kier alpha value is -1.39. The lowest BCUT2D eigenvalue weighted by atomic mass is 10.2. The number of hydrogen-bond acceptors (Lipinski definition) is 9. The monoisotopic (exact) mass is 338 g/mol. The predicted octanol–water partition coefficient (Wildman–Crippen LogP) is 1.45. The number of methoxy groups -OCH3 is 1. The van der Waals surface area contributed by atoms with Crippen LogP contribution in [0.25, 0.3) is 0 Å². The zero-order valence-electron chi connectivity index (χ0n) is 12.0. The van der Waals surface area contributed by atoms with Gasteiger partial charge in [0.2, 0.25) is 0 Å². The number of thiol groups is 1. The maximum absolute atomic E-state index is 11.7. The molecule has 10 heteroatoms. The summed E-state index contributed by atoms with van der Waals surface area (Å²) in [7, 11) is 1.19. The molecule has 0 aromatic heterocycles. The van der Waals surface area contributed by atoms with Crippen LogP contribution in [0.1, 0.15) is 20.3 Å². The van der Waals surface area contributed by atoms with E-state index in [1.165, 1.54) is 12.5 Å². The first kappa shape index (κ1) is 19.6. The number of carbonyl (C=O) groups is 3. The van der Waals surface area contributed by atoms with Crippen molar-refractivity contribution in [3.8, 4) is 0 Å². The second kappa shape index (κ2) is 11.3. The molecule has 0 saturated heterocycles. The Morgan fingerprint density at radius 2 is 1.86 bits per heavy atom. The predicted molar refractivity (Wildman–Crippen MR) is 79.9 cm³/mol. The molecule has 1 amide bonds. The van der Waals surface area contributed by atoms with Crippen molar-refractivity contribution in [1.82, 2.24) is 9.25 Å². The van der Waals surface area contributed by atoms with Gasteiger partial charge < -0.3 is 14.2 Å². The Labute approximate surface area is 132 Å². The van der Waals surface area contributed by atoms with Gasteiger partial charge in [-0.25, -0.2) is 9.59 Å². The second-order valence-electron chi connectivity index (χ2n) is 3.34. The van der Waals surface area contributed by atoms with Gasteiger partial charge in [0.25, 0.3) is 0 Å². The summed E-state index contributed by atoms with van der Waals surface area (Å²) in [6.07, 6.45) is -0.964. The van der Waals surface area contributed by atoms with Crippen molar-refractivity contribution in [1.29, 1.82) is 0 Å². The third-order valence-electron chi connectivity index (χ3n) is 1.87. The standard InChI is InChI=1S/C11H18N2O6S2/c1-4-18-9(14)6-8(10(15)19-5-2)7-21-12-13(20)11(16)17-3/h7,12,20H,4-6H2,1-3H3/b8-7-. The largest absolute Gasteiger partial charge is 0.466 e. The van der Waals surface area contributed by atoms with Crippen molar-refractivity contribution in [2.24, 2.45) is 0 Å². The molecule has 8 nitrogen and oxygen atoms in total. The molecule has 0 fully saturated rings. The molecule has 120 valence electrons. The molecule has 0 atom stereocenters. The van der Waals surface area contributed by atoms with Crippen LogP contribution in [0, 0.1) is 0 Å². The Morgan fingerprint density at radius 1 is 1.24 bits per heavy atom. The SMILES string of the molecule is CCOC(=O)C/C(=C/SNN(S)C(=O)OC)C(=O)OCC. The van der Waals surface area contributed by atoms with Crippen molar-refractivity contribution in [3.05, 3.63) is 11.0 Å². The van der Waals surface area contributed by atoms with Gasteiger partial charge in [-0.05, 0) is 44.0 Å². The highest BCUT2D eigenvalue weighted by molar-refractivity contribution is 8.00. The molecule has 21 heavy (non-hydrogen) atoms. The van der Waals surface area contributed by atoms with Crippen molar-refractivity contribution >= 4 is 42.8 Å². The summed E-state index contributed by atoms with van der Waals surface area (Å²) in [5.74, 6) is -1.18. The Kier molecular flexibility index (Phi) is 10.5. The number of nitrogens with zero attached hydrogens (tertiary/aromatic N) is 1. The molecule has 1 N–H and O–H groups in total. The van der Waals surface area contributed by atoms with E-state index in [-0.39, 0.29) is 25.2 Å². The lowest BCUT2D eigenvalue weighted by Gasteiger charge is -2.13. The summed E-state index contributed by atoms with van der Waals surface area (Å²) in [4.78, 5) is 36.6. The highest BCUT2D eigenvalue weighted by atomic mass is 32.2. The average Bonchev–Trinajstić information content (AvgIpc) is 2.45. The zero-order chi connectivity index (χ0) is 16.3. The molecular formula is C11H18N2O6S2. The molecule has 0 aliphatic carbocycles. The molecule has 0 rings (SSSR count). The molecule has 0 radical (unpaired) electrons. The van der Waals surface area contributed by atoms with Crippen LogP contribution >= 0.6 is 24.8 Å². The molecule has 0 heterocycles. The molecule has 0 aliphatic rings. The third-order valence-corrected chi connectivity index (χ3v) is 2.95. The van der Waals surface area contributed by atoms with Gasteiger partial charge >= 0.3 is 18.0 Å². The van der Waals surface area contributed by atoms with Crippen molar-refractivity contribution in [3.63, 3.8) is 0 Å². The Morgan fingerprint density at radius 3 is 2.38 bits per heavy atom. The fourth-order valence-electron chi connectivity index (χ4n) is 1.02. The lowest BCUT2D eigenvalue weighted by Crippen LogP contribution is -2.30. The Balaban J connectivity index is 4.63. The first-order valence-corrected chi connectivity index (χ1v) is 7.24. The van der Waals surface area contributed by atoms with Crippen molar-refractivity contribution in [2.75, 3.05) is 20.3 Å². The van der Waals surface area contributed by atoms with Gasteiger partial charge in [0.15, 0.2) is 0 Å². The second-order valence-corrected chi connectivity index (χ2v) is 4.39. The summed E-state index contributed by atoms with van der Waals surface area (Å²) in [5.41, 5.74) is 0.0967. The molecule has 0 aliphatic heterocycles. The van der Waals surface area contributed by atoms with E-state index in [4.69, 9.17) is 9.47 Å². The van der Waals surface area contributed by atoms with Crippen LogP contribution < -0.4 is 4.83 Å². The van der Waals surface area contributed by atoms with Crippen LogP contribution in [-0.4, -0.2) is 42.8 Å². The van der Waals surface area contributed by atoms with Gasteiger partial charge in [-0.3, -0.25) is 4.79 Å². The molecule has 0 spiro atoms. The summed E-state index contributed by atoms with van der Waals surface area (Å²) in [6.45, 7) is 3.71. The van der Waals surface area contributed by atoms with E-state index in [1.807, 2.05) is 0 Å². The van der Waals surface area contributed by atoms with Gasteiger partial charge in [0, 0.05) is 0 Å². The molecule has 0 unspecified atom stereocenters. The van der Waals surface area contributed by atoms with Crippen LogP contribution in [0.2, 0.25) is 0 Å². The van der Waals surface area contributed by atoms with Gasteiger partial charge in [-0.15, -0.1) is 0 Å². The van der Waals surface area contributed by atoms with Crippen LogP contribution in [0.5, 0.6) is 0 Å². The number of amides is 1. The minimum absolute atomic E-state index is 0.0967. The van der Waals surface area contributed by atoms with Gasteiger partial charge in [-0.2, -0.15) is 9.25 Å². The maximum atomic E-state index is 11.7. The van der Waals surface area contributed by atoms with Crippen LogP contribution in [0.4, 0.5) is 4.79 Å². The van der Waals surface area contributed by atoms with Crippen molar-refractivity contribution in [2.45, 2.75) is 20.3 Å². The minimum atomic E-state index is -0.734. The summed E-state index contributed by atoms with van der Waals surface area (Å²) in [6, 6.07) is 0. The quantitative estimate of drug-likeness (QED) is 0.171. The normalized spacial score (nSPS) is 10.8. The summed E-state index contributed by atoms with van der Waals surface area (Å²) < 4.78 is 14.8. The number of hydrazine groups is 1. The summed E-state index contributed by atoms with van der Waals surface area (Å²) in [5, 5.41) is 1.33. The van der Waals surface area contributed by atoms with Gasteiger partial charge in [0.05, 0.1) is 32.3 Å². The number of ether oxygens (including phenoxy) is 3. The van der Waals surface area contributed by atoms with E-state index in [0.29, 0.717) is 0 Å². The minimum Gasteiger partial charge on any atom is -0.466 e. The Bertz CT molecular complexity index is 402. The average molecular weight is 338 g/mol. The van der Waals surface area contributed by atoms with E-state index in [9.17, 15) is 14.4 Å². The first-order valence-electron chi connectivity index (χ1n) is 5.96. The number of esters is 2. The van der Waals surface area contributed by atoms with Gasteiger partial charge in [0.1, 0.15) is 0 Å². The molecule has 0 aromatic rings. The van der Waals surface area contributed by atoms with Crippen LogP contribution in [0.15, 0.2) is 11.0 Å². The fourth-order valence-corrected chi connectivity index (χ4v) is 1.80. The van der Waals surface area contributed by atoms with Crippen molar-refractivity contribution < 1.29 is 28.6 Å². The number of nitrogens with one attached hydrogen (secondary N) is 1. The van der Waals surface area contributed by atoms with E-state index < -0.39 is 18.0 Å². The highest BCUT2D eigenvalue weighted by Crippen LogP contribution is 2.12. The van der Waals surface area contributed by atoms with E-state index in [0.717, 1.165) is 16.4 Å². The highest BCUT2D eigenvalue weighted by Gasteiger charge is 2.16. The molecule has 0 aromatic carbocycles. The number of carbonyl (C=O) groups excluding carboxylic acids is 3. The topological polar surface area (TPSA) is 94.2 Å². The zero-order valence-corrected chi connectivity index (χ0v) is 13.7. The molecular weight excluding hydrogens is 320 g/mol. The molecule has 0 saturated carbocycles. The summed E-state index contributed by atoms with van der Waals surface area (Å²) >= 11 is 4.65. The van der Waals surface area contributed by atoms with Gasteiger partial charge in [-0.1, -0.05) is 0 Å². The molecule has 0 bridgehead atoms. The van der Waals surface area contributed by atoms with E-state index in [2.05, 4.69) is 22.4 Å². The number of rotatable bonds is 8. The maximum Gasteiger partial charge on any atom is 0.435 e. The smallest absolute Gasteiger partial charge is 0.435 e. The first-order chi connectivity index (χ1) is 9.96. The number of hydrogen-bond donors (Lipinski definition) is 2. The van der Waals surface area contributed by atoms with Crippen LogP contribution in [0.3, 0.4) is 0 Å². The lowest BCUT2D eigenvalue weighted by molar-refractivity contribution is -0.145. The fraction of sp³-hybridized carbons (Fsp3) is 0.545. The van der Waals surface area contributed by atoms with E-state index in [1.54, 1.807) is 13.8 Å².